The second-order valence-electron chi connectivity index (χ2n) is 2.57. The lowest BCUT2D eigenvalue weighted by molar-refractivity contribution is 1.12. The van der Waals surface area contributed by atoms with Crippen LogP contribution in [0.2, 0.25) is 0 Å². The molecule has 0 amide bonds. The smallest absolute Gasteiger partial charge is 0.0997 e. The molecular formula is C10H11N. The molecule has 0 atom stereocenters. The fourth-order valence-electron chi connectivity index (χ4n) is 1.18. The average Bonchev–Trinajstić information content (AvgIpc) is 2.04. The van der Waals surface area contributed by atoms with Crippen molar-refractivity contribution in [2.75, 3.05) is 0 Å². The average molecular weight is 145 g/mol. The number of nitrogens with zero attached hydrogens (tertiary/aromatic N) is 1. The van der Waals surface area contributed by atoms with E-state index in [1.165, 1.54) is 0 Å². The van der Waals surface area contributed by atoms with E-state index < -0.39 is 0 Å². The van der Waals surface area contributed by atoms with E-state index in [2.05, 4.69) is 13.0 Å². The predicted octanol–water partition coefficient (Wildman–Crippen LogP) is 2.43. The fraction of sp³-hybridized carbons (Fsp3) is 0.300. The summed E-state index contributed by atoms with van der Waals surface area (Å²) < 4.78 is 0. The quantitative estimate of drug-likeness (QED) is 0.595. The number of aryl methyl sites for hydroxylation is 2. The second kappa shape index (κ2) is 3.21. The molecule has 1 nitrogen and oxygen atoms in total. The minimum atomic E-state index is 0.843. The van der Waals surface area contributed by atoms with Crippen LogP contribution in [-0.2, 0) is 6.42 Å². The zero-order valence-corrected chi connectivity index (χ0v) is 6.89. The third-order valence-corrected chi connectivity index (χ3v) is 1.85. The van der Waals surface area contributed by atoms with Crippen LogP contribution in [0.4, 0.5) is 0 Å². The van der Waals surface area contributed by atoms with Crippen LogP contribution in [0.5, 0.6) is 0 Å². The summed E-state index contributed by atoms with van der Waals surface area (Å²) in [5.74, 6) is 0. The minimum Gasteiger partial charge on any atom is -0.192 e. The molecule has 56 valence electrons. The van der Waals surface area contributed by atoms with E-state index in [-0.39, 0.29) is 0 Å². The minimum absolute atomic E-state index is 0.843. The first-order valence-corrected chi connectivity index (χ1v) is 3.78. The highest BCUT2D eigenvalue weighted by atomic mass is 14.2. The molecule has 0 saturated carbocycles. The highest BCUT2D eigenvalue weighted by Crippen LogP contribution is 2.12. The Labute approximate surface area is 67.3 Å². The lowest BCUT2D eigenvalue weighted by atomic mass is 10.0. The van der Waals surface area contributed by atoms with Crippen molar-refractivity contribution in [2.24, 2.45) is 0 Å². The van der Waals surface area contributed by atoms with Gasteiger partial charge >= 0.3 is 0 Å². The summed E-state index contributed by atoms with van der Waals surface area (Å²) in [6.45, 7) is 4.04. The highest BCUT2D eigenvalue weighted by molar-refractivity contribution is 5.43. The van der Waals surface area contributed by atoms with Crippen LogP contribution >= 0.6 is 0 Å². The van der Waals surface area contributed by atoms with E-state index >= 15 is 0 Å². The van der Waals surface area contributed by atoms with Crippen LogP contribution < -0.4 is 0 Å². The molecule has 0 radical (unpaired) electrons. The van der Waals surface area contributed by atoms with Crippen molar-refractivity contribution >= 4 is 0 Å². The van der Waals surface area contributed by atoms with Gasteiger partial charge in [-0.3, -0.25) is 0 Å². The molecule has 1 heteroatoms. The van der Waals surface area contributed by atoms with Gasteiger partial charge in [-0.1, -0.05) is 25.1 Å². The van der Waals surface area contributed by atoms with Crippen molar-refractivity contribution in [1.29, 1.82) is 5.26 Å². The molecule has 0 N–H and O–H groups in total. The van der Waals surface area contributed by atoms with Crippen LogP contribution in [-0.4, -0.2) is 0 Å². The fourth-order valence-corrected chi connectivity index (χ4v) is 1.18. The van der Waals surface area contributed by atoms with Crippen molar-refractivity contribution in [1.82, 2.24) is 0 Å². The summed E-state index contributed by atoms with van der Waals surface area (Å²) in [7, 11) is 0. The molecule has 1 aromatic carbocycles. The molecule has 0 aliphatic heterocycles. The number of hydrogen-bond acceptors (Lipinski definition) is 1. The molecule has 0 aromatic heterocycles. The molecule has 0 aliphatic rings. The molecule has 0 aliphatic carbocycles. The summed E-state index contributed by atoms with van der Waals surface area (Å²) in [6, 6.07) is 8.19. The molecule has 0 fully saturated rings. The van der Waals surface area contributed by atoms with Crippen LogP contribution in [0.3, 0.4) is 0 Å². The first-order valence-electron chi connectivity index (χ1n) is 3.78. The predicted molar refractivity (Wildman–Crippen MR) is 45.3 cm³/mol. The molecule has 11 heavy (non-hydrogen) atoms. The van der Waals surface area contributed by atoms with Crippen LogP contribution in [0.25, 0.3) is 0 Å². The van der Waals surface area contributed by atoms with Crippen LogP contribution in [0.1, 0.15) is 23.6 Å². The molecular weight excluding hydrogens is 134 g/mol. The summed E-state index contributed by atoms with van der Waals surface area (Å²) >= 11 is 0. The Bertz CT molecular complexity index is 294. The summed E-state index contributed by atoms with van der Waals surface area (Å²) in [5.41, 5.74) is 3.06. The third-order valence-electron chi connectivity index (χ3n) is 1.85. The van der Waals surface area contributed by atoms with Crippen LogP contribution in [0, 0.1) is 18.3 Å². The van der Waals surface area contributed by atoms with Crippen molar-refractivity contribution in [3.8, 4) is 6.07 Å². The third kappa shape index (κ3) is 1.40. The van der Waals surface area contributed by atoms with E-state index in [1.54, 1.807) is 0 Å². The van der Waals surface area contributed by atoms with Gasteiger partial charge in [-0.15, -0.1) is 0 Å². The van der Waals surface area contributed by atoms with Crippen molar-refractivity contribution in [3.63, 3.8) is 0 Å². The van der Waals surface area contributed by atoms with Gasteiger partial charge in [0.05, 0.1) is 11.6 Å². The van der Waals surface area contributed by atoms with Crippen molar-refractivity contribution in [3.05, 3.63) is 34.9 Å². The number of rotatable bonds is 1. The van der Waals surface area contributed by atoms with Gasteiger partial charge in [0.2, 0.25) is 0 Å². The zero-order chi connectivity index (χ0) is 8.27. The lowest BCUT2D eigenvalue weighted by Crippen LogP contribution is -1.89. The molecule has 0 bridgehead atoms. The molecule has 1 rings (SSSR count). The SMILES string of the molecule is CCc1cccc(C)c1C#N. The summed E-state index contributed by atoms with van der Waals surface area (Å²) in [6.07, 6.45) is 0.935. The zero-order valence-electron chi connectivity index (χ0n) is 6.89. The second-order valence-corrected chi connectivity index (χ2v) is 2.57. The van der Waals surface area contributed by atoms with E-state index in [0.717, 1.165) is 23.1 Å². The van der Waals surface area contributed by atoms with Crippen molar-refractivity contribution < 1.29 is 0 Å². The largest absolute Gasteiger partial charge is 0.192 e. The van der Waals surface area contributed by atoms with Gasteiger partial charge in [0, 0.05) is 0 Å². The Morgan fingerprint density at radius 1 is 1.45 bits per heavy atom. The van der Waals surface area contributed by atoms with Gasteiger partial charge < -0.3 is 0 Å². The standard InChI is InChI=1S/C10H11N/c1-3-9-6-4-5-8(2)10(9)7-11/h4-6H,3H2,1-2H3. The maximum atomic E-state index is 8.78. The van der Waals surface area contributed by atoms with Gasteiger partial charge in [0.25, 0.3) is 0 Å². The molecule has 1 aromatic rings. The maximum Gasteiger partial charge on any atom is 0.0997 e. The first-order chi connectivity index (χ1) is 5.29. The van der Waals surface area contributed by atoms with Gasteiger partial charge in [0.1, 0.15) is 0 Å². The Morgan fingerprint density at radius 3 is 2.64 bits per heavy atom. The van der Waals surface area contributed by atoms with Crippen molar-refractivity contribution in [2.45, 2.75) is 20.3 Å². The number of hydrogen-bond donors (Lipinski definition) is 0. The van der Waals surface area contributed by atoms with E-state index in [4.69, 9.17) is 5.26 Å². The first kappa shape index (κ1) is 7.81. The Kier molecular flexibility index (Phi) is 2.28. The van der Waals surface area contributed by atoms with E-state index in [0.29, 0.717) is 0 Å². The topological polar surface area (TPSA) is 23.8 Å². The van der Waals surface area contributed by atoms with Crippen LogP contribution in [0.15, 0.2) is 18.2 Å². The highest BCUT2D eigenvalue weighted by Gasteiger charge is 2.00. The van der Waals surface area contributed by atoms with E-state index in [9.17, 15) is 0 Å². The lowest BCUT2D eigenvalue weighted by Gasteiger charge is -2.01. The Hall–Kier alpha value is -1.29. The molecule has 0 unspecified atom stereocenters. The maximum absolute atomic E-state index is 8.78. The Morgan fingerprint density at radius 2 is 2.18 bits per heavy atom. The summed E-state index contributed by atoms with van der Waals surface area (Å²) in [5, 5.41) is 8.78. The molecule has 0 spiro atoms. The van der Waals surface area contributed by atoms with E-state index in [1.807, 2.05) is 25.1 Å². The normalized spacial score (nSPS) is 9.18. The molecule has 0 heterocycles. The molecule has 0 saturated heterocycles. The monoisotopic (exact) mass is 145 g/mol. The van der Waals surface area contributed by atoms with Gasteiger partial charge in [0.15, 0.2) is 0 Å². The summed E-state index contributed by atoms with van der Waals surface area (Å²) in [4.78, 5) is 0. The number of nitriles is 1. The van der Waals surface area contributed by atoms with Gasteiger partial charge in [-0.2, -0.15) is 5.26 Å². The number of benzene rings is 1. The van der Waals surface area contributed by atoms with Gasteiger partial charge in [-0.05, 0) is 24.5 Å². The van der Waals surface area contributed by atoms with Gasteiger partial charge in [-0.25, -0.2) is 0 Å². The Balaban J connectivity index is 3.27.